The van der Waals surface area contributed by atoms with Gasteiger partial charge in [0, 0.05) is 13.1 Å². The second kappa shape index (κ2) is 13.0. The van der Waals surface area contributed by atoms with Crippen molar-refractivity contribution in [3.05, 3.63) is 53.8 Å². The molecule has 1 aliphatic rings. The smallest absolute Gasteiger partial charge is 0.407 e. The van der Waals surface area contributed by atoms with E-state index in [1.807, 2.05) is 0 Å². The lowest BCUT2D eigenvalue weighted by Gasteiger charge is -2.23. The van der Waals surface area contributed by atoms with Gasteiger partial charge < -0.3 is 30.5 Å². The van der Waals surface area contributed by atoms with Gasteiger partial charge in [0.25, 0.3) is 5.91 Å². The van der Waals surface area contributed by atoms with Crippen LogP contribution in [0.2, 0.25) is 0 Å². The zero-order valence-electron chi connectivity index (χ0n) is 20.4. The summed E-state index contributed by atoms with van der Waals surface area (Å²) in [5, 5.41) is 31.8. The molecule has 0 radical (unpaired) electrons. The second-order valence-corrected chi connectivity index (χ2v) is 8.84. The van der Waals surface area contributed by atoms with Crippen LogP contribution in [-0.4, -0.2) is 76.8 Å². The largest absolute Gasteiger partial charge is 0.508 e. The Balaban J connectivity index is 1.95. The highest BCUT2D eigenvalue weighted by Gasteiger charge is 2.20. The molecule has 12 heteroatoms. The zero-order chi connectivity index (χ0) is 26.7. The monoisotopic (exact) mass is 501 g/mol. The Morgan fingerprint density at radius 1 is 1.17 bits per heavy atom. The minimum atomic E-state index is -1.24. The van der Waals surface area contributed by atoms with Crippen LogP contribution in [0.3, 0.4) is 0 Å². The number of benzene rings is 1. The van der Waals surface area contributed by atoms with Gasteiger partial charge in [-0.15, -0.1) is 0 Å². The summed E-state index contributed by atoms with van der Waals surface area (Å²) in [4.78, 5) is 49.3. The van der Waals surface area contributed by atoms with Crippen LogP contribution < -0.4 is 10.6 Å². The SMILES string of the molecule is CC(C)(C)OC(=O)NCCN(CC(=O)O)C(=O)CNC(=O)c1ccccc1/N=N/C1C=CC(O)=CC1. The Morgan fingerprint density at radius 3 is 2.53 bits per heavy atom. The lowest BCUT2D eigenvalue weighted by atomic mass is 10.1. The van der Waals surface area contributed by atoms with Crippen LogP contribution in [0, 0.1) is 0 Å². The summed E-state index contributed by atoms with van der Waals surface area (Å²) in [7, 11) is 0. The van der Waals surface area contributed by atoms with E-state index in [0.29, 0.717) is 12.1 Å². The van der Waals surface area contributed by atoms with Gasteiger partial charge in [-0.25, -0.2) is 4.79 Å². The normalized spacial score (nSPS) is 15.2. The van der Waals surface area contributed by atoms with Crippen LogP contribution in [0.1, 0.15) is 37.6 Å². The number of azo groups is 1. The highest BCUT2D eigenvalue weighted by Crippen LogP contribution is 2.21. The first-order valence-electron chi connectivity index (χ1n) is 11.3. The molecule has 0 saturated heterocycles. The van der Waals surface area contributed by atoms with Crippen molar-refractivity contribution in [2.45, 2.75) is 38.8 Å². The molecule has 3 amide bonds. The Hall–Kier alpha value is -4.22. The maximum absolute atomic E-state index is 12.7. The summed E-state index contributed by atoms with van der Waals surface area (Å²) in [5.41, 5.74) is -0.226. The van der Waals surface area contributed by atoms with Crippen LogP contribution in [0.25, 0.3) is 0 Å². The van der Waals surface area contributed by atoms with Crippen molar-refractivity contribution in [1.82, 2.24) is 15.5 Å². The number of rotatable bonds is 10. The van der Waals surface area contributed by atoms with Crippen LogP contribution in [0.15, 0.2) is 58.5 Å². The third kappa shape index (κ3) is 9.95. The first-order valence-corrected chi connectivity index (χ1v) is 11.3. The Bertz CT molecular complexity index is 1060. The molecule has 0 saturated carbocycles. The molecule has 0 bridgehead atoms. The number of carboxylic acid groups (broad SMARTS) is 1. The molecule has 12 nitrogen and oxygen atoms in total. The van der Waals surface area contributed by atoms with Gasteiger partial charge in [0.15, 0.2) is 0 Å². The van der Waals surface area contributed by atoms with Crippen LogP contribution in [-0.2, 0) is 14.3 Å². The molecule has 4 N–H and O–H groups in total. The second-order valence-electron chi connectivity index (χ2n) is 8.84. The number of carbonyl (C=O) groups excluding carboxylic acids is 3. The predicted octanol–water partition coefficient (Wildman–Crippen LogP) is 2.71. The summed E-state index contributed by atoms with van der Waals surface area (Å²) in [6, 6.07) is 6.16. The molecule has 0 spiro atoms. The van der Waals surface area contributed by atoms with Crippen LogP contribution in [0.4, 0.5) is 10.5 Å². The molecule has 194 valence electrons. The van der Waals surface area contributed by atoms with E-state index in [1.54, 1.807) is 51.1 Å². The van der Waals surface area contributed by atoms with E-state index in [9.17, 15) is 24.3 Å². The number of amides is 3. The van der Waals surface area contributed by atoms with Crippen molar-refractivity contribution in [1.29, 1.82) is 0 Å². The van der Waals surface area contributed by atoms with Crippen molar-refractivity contribution in [2.75, 3.05) is 26.2 Å². The van der Waals surface area contributed by atoms with Gasteiger partial charge in [-0.1, -0.05) is 18.2 Å². The summed E-state index contributed by atoms with van der Waals surface area (Å²) >= 11 is 0. The number of nitrogens with zero attached hydrogens (tertiary/aromatic N) is 3. The van der Waals surface area contributed by atoms with Crippen molar-refractivity contribution in [3.63, 3.8) is 0 Å². The molecular weight excluding hydrogens is 470 g/mol. The first-order chi connectivity index (χ1) is 16.9. The highest BCUT2D eigenvalue weighted by atomic mass is 16.6. The van der Waals surface area contributed by atoms with Crippen LogP contribution in [0.5, 0.6) is 0 Å². The average Bonchev–Trinajstić information content (AvgIpc) is 2.80. The number of ether oxygens (including phenoxy) is 1. The number of carboxylic acids is 1. The Kier molecular flexibility index (Phi) is 10.1. The van der Waals surface area contributed by atoms with Crippen LogP contribution >= 0.6 is 0 Å². The van der Waals surface area contributed by atoms with Crippen molar-refractivity contribution < 1.29 is 34.1 Å². The maximum Gasteiger partial charge on any atom is 0.407 e. The van der Waals surface area contributed by atoms with Crippen molar-refractivity contribution in [3.8, 4) is 0 Å². The van der Waals surface area contributed by atoms with Gasteiger partial charge in [-0.3, -0.25) is 14.4 Å². The molecule has 36 heavy (non-hydrogen) atoms. The average molecular weight is 502 g/mol. The zero-order valence-corrected chi connectivity index (χ0v) is 20.4. The first kappa shape index (κ1) is 28.0. The molecule has 2 rings (SSSR count). The van der Waals surface area contributed by atoms with E-state index < -0.39 is 42.6 Å². The fourth-order valence-corrected chi connectivity index (χ4v) is 3.00. The van der Waals surface area contributed by atoms with Gasteiger partial charge in [-0.2, -0.15) is 10.2 Å². The molecule has 1 aromatic carbocycles. The van der Waals surface area contributed by atoms with E-state index in [2.05, 4.69) is 20.9 Å². The van der Waals surface area contributed by atoms with Gasteiger partial charge in [-0.05, 0) is 51.5 Å². The quantitative estimate of drug-likeness (QED) is 0.357. The minimum Gasteiger partial charge on any atom is -0.508 e. The molecule has 1 aromatic rings. The van der Waals surface area contributed by atoms with Crippen molar-refractivity contribution in [2.24, 2.45) is 10.2 Å². The molecule has 1 unspecified atom stereocenters. The predicted molar refractivity (Wildman–Crippen MR) is 130 cm³/mol. The number of allylic oxidation sites excluding steroid dienone is 1. The molecule has 1 atom stereocenters. The van der Waals surface area contributed by atoms with Gasteiger partial charge in [0.1, 0.15) is 17.9 Å². The van der Waals surface area contributed by atoms with Crippen molar-refractivity contribution >= 4 is 29.6 Å². The van der Waals surface area contributed by atoms with E-state index in [4.69, 9.17) is 9.84 Å². The lowest BCUT2D eigenvalue weighted by Crippen LogP contribution is -2.46. The lowest BCUT2D eigenvalue weighted by molar-refractivity contribution is -0.144. The topological polar surface area (TPSA) is 170 Å². The van der Waals surface area contributed by atoms with E-state index in [1.165, 1.54) is 12.1 Å². The number of nitrogens with one attached hydrogen (secondary N) is 2. The molecule has 0 aromatic heterocycles. The third-order valence-corrected chi connectivity index (χ3v) is 4.65. The number of hydrogen-bond donors (Lipinski definition) is 4. The van der Waals surface area contributed by atoms with Gasteiger partial charge in [0.2, 0.25) is 5.91 Å². The van der Waals surface area contributed by atoms with Gasteiger partial charge in [0.05, 0.1) is 23.8 Å². The fourth-order valence-electron chi connectivity index (χ4n) is 3.00. The molecule has 0 aliphatic heterocycles. The maximum atomic E-state index is 12.7. The molecular formula is C24H31N5O7. The van der Waals surface area contributed by atoms with E-state index >= 15 is 0 Å². The third-order valence-electron chi connectivity index (χ3n) is 4.65. The molecule has 0 fully saturated rings. The Morgan fingerprint density at radius 2 is 1.89 bits per heavy atom. The van der Waals surface area contributed by atoms with E-state index in [-0.39, 0.29) is 30.5 Å². The number of aliphatic hydroxyl groups excluding tert-OH is 1. The number of carbonyl (C=O) groups is 4. The Labute approximate surface area is 208 Å². The fraction of sp³-hybridized carbons (Fsp3) is 0.417. The summed E-state index contributed by atoms with van der Waals surface area (Å²) in [5.74, 6) is -2.31. The molecule has 1 aliphatic carbocycles. The minimum absolute atomic E-state index is 0.0341. The number of hydrogen-bond acceptors (Lipinski definition) is 8. The summed E-state index contributed by atoms with van der Waals surface area (Å²) in [6.07, 6.45) is 4.59. The molecule has 0 heterocycles. The highest BCUT2D eigenvalue weighted by molar-refractivity contribution is 6.00. The number of aliphatic carboxylic acids is 1. The number of aliphatic hydroxyl groups is 1. The summed E-state index contributed by atoms with van der Waals surface area (Å²) < 4.78 is 5.10. The van der Waals surface area contributed by atoms with Gasteiger partial charge >= 0.3 is 12.1 Å². The summed E-state index contributed by atoms with van der Waals surface area (Å²) in [6.45, 7) is 3.91. The standard InChI is InChI=1S/C24H31N5O7/c1-24(2,3)36-23(35)25-12-13-29(15-21(32)33)20(31)14-26-22(34)18-6-4-5-7-19(18)28-27-16-8-10-17(30)11-9-16/h4-8,10-11,16,30H,9,12-15H2,1-3H3,(H,25,35)(H,26,34)(H,32,33)/b28-27+. The number of alkyl carbamates (subject to hydrolysis) is 1. The van der Waals surface area contributed by atoms with E-state index in [0.717, 1.165) is 4.90 Å².